The first-order valence-corrected chi connectivity index (χ1v) is 5.97. The first-order chi connectivity index (χ1) is 8.21. The van der Waals surface area contributed by atoms with Crippen LogP contribution in [0.5, 0.6) is 0 Å². The first kappa shape index (κ1) is 13.3. The average molecular weight is 232 g/mol. The minimum Gasteiger partial charge on any atom is -0.399 e. The summed E-state index contributed by atoms with van der Waals surface area (Å²) in [7, 11) is 0. The molecule has 17 heavy (non-hydrogen) atoms. The predicted molar refractivity (Wildman–Crippen MR) is 71.8 cm³/mol. The third kappa shape index (κ3) is 3.97. The van der Waals surface area contributed by atoms with Crippen molar-refractivity contribution in [2.75, 3.05) is 37.2 Å². The fraction of sp³-hybridized carbons (Fsp3) is 0.462. The molecular formula is C13H20N4. The summed E-state index contributed by atoms with van der Waals surface area (Å²) in [5.74, 6) is 0. The van der Waals surface area contributed by atoms with Crippen molar-refractivity contribution in [3.8, 4) is 6.07 Å². The maximum Gasteiger partial charge on any atom is 0.101 e. The maximum atomic E-state index is 8.99. The van der Waals surface area contributed by atoms with Gasteiger partial charge in [-0.1, -0.05) is 13.8 Å². The van der Waals surface area contributed by atoms with Gasteiger partial charge in [0.2, 0.25) is 0 Å². The summed E-state index contributed by atoms with van der Waals surface area (Å²) >= 11 is 0. The lowest BCUT2D eigenvalue weighted by molar-refractivity contribution is 0.316. The molecule has 0 fully saturated rings. The van der Waals surface area contributed by atoms with Gasteiger partial charge in [-0.25, -0.2) is 0 Å². The Morgan fingerprint density at radius 3 is 2.65 bits per heavy atom. The zero-order chi connectivity index (χ0) is 12.7. The van der Waals surface area contributed by atoms with Crippen LogP contribution in [0.25, 0.3) is 0 Å². The van der Waals surface area contributed by atoms with Crippen LogP contribution in [0.3, 0.4) is 0 Å². The molecule has 0 atom stereocenters. The van der Waals surface area contributed by atoms with Crippen LogP contribution in [-0.2, 0) is 0 Å². The Kier molecular flexibility index (Phi) is 5.31. The molecule has 0 unspecified atom stereocenters. The third-order valence-electron chi connectivity index (χ3n) is 2.80. The number of nitrogens with two attached hydrogens (primary N) is 1. The number of anilines is 2. The van der Waals surface area contributed by atoms with Crippen molar-refractivity contribution in [2.24, 2.45) is 0 Å². The number of benzene rings is 1. The van der Waals surface area contributed by atoms with Gasteiger partial charge in [-0.3, -0.25) is 0 Å². The number of nitrogens with zero attached hydrogens (tertiary/aromatic N) is 2. The zero-order valence-corrected chi connectivity index (χ0v) is 10.5. The summed E-state index contributed by atoms with van der Waals surface area (Å²) in [6.45, 7) is 8.19. The SMILES string of the molecule is CCN(CC)CCNc1ccc(N)cc1C#N. The van der Waals surface area contributed by atoms with E-state index in [1.165, 1.54) is 0 Å². The van der Waals surface area contributed by atoms with Crippen molar-refractivity contribution in [2.45, 2.75) is 13.8 Å². The lowest BCUT2D eigenvalue weighted by atomic mass is 10.1. The Labute approximate surface area is 103 Å². The molecule has 0 aliphatic carbocycles. The van der Waals surface area contributed by atoms with E-state index in [2.05, 4.69) is 30.1 Å². The molecule has 1 rings (SSSR count). The van der Waals surface area contributed by atoms with Crippen LogP contribution in [0, 0.1) is 11.3 Å². The summed E-state index contributed by atoms with van der Waals surface area (Å²) < 4.78 is 0. The smallest absolute Gasteiger partial charge is 0.101 e. The third-order valence-corrected chi connectivity index (χ3v) is 2.80. The first-order valence-electron chi connectivity index (χ1n) is 5.97. The summed E-state index contributed by atoms with van der Waals surface area (Å²) in [6, 6.07) is 7.50. The fourth-order valence-electron chi connectivity index (χ4n) is 1.70. The molecule has 0 radical (unpaired) electrons. The standard InChI is InChI=1S/C13H20N4/c1-3-17(4-2)8-7-16-13-6-5-12(15)9-11(13)10-14/h5-6,9,16H,3-4,7-8,15H2,1-2H3. The van der Waals surface area contributed by atoms with E-state index in [4.69, 9.17) is 11.0 Å². The van der Waals surface area contributed by atoms with Crippen molar-refractivity contribution in [1.29, 1.82) is 5.26 Å². The normalized spacial score (nSPS) is 10.2. The number of rotatable bonds is 6. The fourth-order valence-corrected chi connectivity index (χ4v) is 1.70. The lowest BCUT2D eigenvalue weighted by Gasteiger charge is -2.18. The second kappa shape index (κ2) is 6.77. The van der Waals surface area contributed by atoms with Crippen LogP contribution in [0.1, 0.15) is 19.4 Å². The van der Waals surface area contributed by atoms with E-state index in [0.717, 1.165) is 31.9 Å². The summed E-state index contributed by atoms with van der Waals surface area (Å²) in [4.78, 5) is 2.33. The van der Waals surface area contributed by atoms with Crippen LogP contribution >= 0.6 is 0 Å². The molecule has 0 bridgehead atoms. The van der Waals surface area contributed by atoms with Crippen LogP contribution in [0.2, 0.25) is 0 Å². The number of hydrogen-bond acceptors (Lipinski definition) is 4. The molecular weight excluding hydrogens is 212 g/mol. The zero-order valence-electron chi connectivity index (χ0n) is 10.5. The van der Waals surface area contributed by atoms with Crippen LogP contribution < -0.4 is 11.1 Å². The van der Waals surface area contributed by atoms with Gasteiger partial charge in [0, 0.05) is 18.8 Å². The summed E-state index contributed by atoms with van der Waals surface area (Å²) in [5, 5.41) is 12.3. The molecule has 0 aromatic heterocycles. The molecule has 0 amide bonds. The minimum atomic E-state index is 0.601. The largest absolute Gasteiger partial charge is 0.399 e. The Morgan fingerprint density at radius 2 is 2.06 bits per heavy atom. The number of nitrogens with one attached hydrogen (secondary N) is 1. The number of nitrogen functional groups attached to an aromatic ring is 1. The molecule has 0 saturated carbocycles. The van der Waals surface area contributed by atoms with Crippen molar-refractivity contribution in [1.82, 2.24) is 4.90 Å². The summed E-state index contributed by atoms with van der Waals surface area (Å²) in [6.07, 6.45) is 0. The minimum absolute atomic E-state index is 0.601. The monoisotopic (exact) mass is 232 g/mol. The average Bonchev–Trinajstić information content (AvgIpc) is 2.36. The van der Waals surface area contributed by atoms with Gasteiger partial charge in [-0.15, -0.1) is 0 Å². The van der Waals surface area contributed by atoms with Gasteiger partial charge in [-0.05, 0) is 31.3 Å². The second-order valence-corrected chi connectivity index (χ2v) is 3.87. The van der Waals surface area contributed by atoms with E-state index in [1.54, 1.807) is 12.1 Å². The van der Waals surface area contributed by atoms with Gasteiger partial charge in [-0.2, -0.15) is 5.26 Å². The van der Waals surface area contributed by atoms with Crippen molar-refractivity contribution in [3.63, 3.8) is 0 Å². The molecule has 3 N–H and O–H groups in total. The molecule has 0 aliphatic rings. The predicted octanol–water partition coefficient (Wildman–Crippen LogP) is 1.89. The quantitative estimate of drug-likeness (QED) is 0.735. The van der Waals surface area contributed by atoms with Crippen LogP contribution in [0.4, 0.5) is 11.4 Å². The van der Waals surface area contributed by atoms with Crippen LogP contribution in [-0.4, -0.2) is 31.1 Å². The van der Waals surface area contributed by atoms with Gasteiger partial charge in [0.25, 0.3) is 0 Å². The highest BCUT2D eigenvalue weighted by Gasteiger charge is 2.03. The van der Waals surface area contributed by atoms with E-state index < -0.39 is 0 Å². The van der Waals surface area contributed by atoms with Crippen molar-refractivity contribution in [3.05, 3.63) is 23.8 Å². The molecule has 1 aromatic rings. The highest BCUT2D eigenvalue weighted by molar-refractivity contribution is 5.62. The van der Waals surface area contributed by atoms with Gasteiger partial charge < -0.3 is 16.0 Å². The van der Waals surface area contributed by atoms with Gasteiger partial charge in [0.1, 0.15) is 6.07 Å². The van der Waals surface area contributed by atoms with E-state index >= 15 is 0 Å². The Hall–Kier alpha value is -1.73. The van der Waals surface area contributed by atoms with E-state index in [1.807, 2.05) is 6.07 Å². The number of hydrogen-bond donors (Lipinski definition) is 2. The van der Waals surface area contributed by atoms with Crippen molar-refractivity contribution >= 4 is 11.4 Å². The van der Waals surface area contributed by atoms with Gasteiger partial charge in [0.05, 0.1) is 11.3 Å². The molecule has 0 heterocycles. The molecule has 0 aliphatic heterocycles. The molecule has 92 valence electrons. The van der Waals surface area contributed by atoms with E-state index in [0.29, 0.717) is 11.3 Å². The molecule has 4 nitrogen and oxygen atoms in total. The summed E-state index contributed by atoms with van der Waals surface area (Å²) in [5.41, 5.74) is 7.71. The number of nitriles is 1. The van der Waals surface area contributed by atoms with Crippen molar-refractivity contribution < 1.29 is 0 Å². The molecule has 0 spiro atoms. The van der Waals surface area contributed by atoms with Gasteiger partial charge >= 0.3 is 0 Å². The van der Waals surface area contributed by atoms with Crippen LogP contribution in [0.15, 0.2) is 18.2 Å². The highest BCUT2D eigenvalue weighted by Crippen LogP contribution is 2.17. The van der Waals surface area contributed by atoms with Gasteiger partial charge in [0.15, 0.2) is 0 Å². The lowest BCUT2D eigenvalue weighted by Crippen LogP contribution is -2.28. The number of likely N-dealkylation sites (N-methyl/N-ethyl adjacent to an activating group) is 1. The molecule has 4 heteroatoms. The second-order valence-electron chi connectivity index (χ2n) is 3.87. The van der Waals surface area contributed by atoms with E-state index in [9.17, 15) is 0 Å². The topological polar surface area (TPSA) is 65.1 Å². The van der Waals surface area contributed by atoms with E-state index in [-0.39, 0.29) is 0 Å². The Balaban J connectivity index is 2.55. The molecule has 1 aromatic carbocycles. The Bertz CT molecular complexity index is 391. The Morgan fingerprint density at radius 1 is 1.35 bits per heavy atom. The highest BCUT2D eigenvalue weighted by atomic mass is 15.1. The maximum absolute atomic E-state index is 8.99. The molecule has 0 saturated heterocycles.